The molecule has 2 amide bonds. The van der Waals surface area contributed by atoms with Gasteiger partial charge in [-0.25, -0.2) is 9.59 Å². The summed E-state index contributed by atoms with van der Waals surface area (Å²) >= 11 is 1.45. The normalized spacial score (nSPS) is 18.3. The summed E-state index contributed by atoms with van der Waals surface area (Å²) in [6, 6.07) is 2.74. The van der Waals surface area contributed by atoms with Gasteiger partial charge in [-0.2, -0.15) is 0 Å². The van der Waals surface area contributed by atoms with E-state index in [0.717, 1.165) is 5.56 Å². The number of carboxylic acid groups (broad SMARTS) is 1. The van der Waals surface area contributed by atoms with Crippen molar-refractivity contribution in [2.24, 2.45) is 0 Å². The maximum atomic E-state index is 11.9. The van der Waals surface area contributed by atoms with E-state index in [1.807, 2.05) is 12.1 Å². The molecule has 0 aromatic carbocycles. The van der Waals surface area contributed by atoms with E-state index >= 15 is 0 Å². The molecule has 19 heavy (non-hydrogen) atoms. The lowest BCUT2D eigenvalue weighted by Gasteiger charge is -2.20. The van der Waals surface area contributed by atoms with Crippen LogP contribution in [0, 0.1) is 0 Å². The Bertz CT molecular complexity index is 455. The van der Waals surface area contributed by atoms with Crippen molar-refractivity contribution in [2.75, 3.05) is 18.2 Å². The maximum Gasteiger partial charge on any atom is 0.327 e. The van der Waals surface area contributed by atoms with Gasteiger partial charge in [-0.1, -0.05) is 0 Å². The molecule has 1 aromatic heterocycles. The third-order valence-electron chi connectivity index (χ3n) is 2.87. The van der Waals surface area contributed by atoms with Crippen LogP contribution in [0.5, 0.6) is 0 Å². The molecule has 0 radical (unpaired) electrons. The molecule has 2 rings (SSSR count). The summed E-state index contributed by atoms with van der Waals surface area (Å²) in [7, 11) is 0. The van der Waals surface area contributed by atoms with E-state index in [-0.39, 0.29) is 6.03 Å². The van der Waals surface area contributed by atoms with Crippen molar-refractivity contribution in [1.82, 2.24) is 15.2 Å². The molecule has 0 bridgehead atoms. The summed E-state index contributed by atoms with van der Waals surface area (Å²) in [6.45, 7) is 0.482. The maximum absolute atomic E-state index is 11.9. The summed E-state index contributed by atoms with van der Waals surface area (Å²) in [6.07, 6.45) is 4.11. The van der Waals surface area contributed by atoms with Crippen molar-refractivity contribution in [1.29, 1.82) is 0 Å². The van der Waals surface area contributed by atoms with Crippen molar-refractivity contribution in [3.8, 4) is 0 Å². The van der Waals surface area contributed by atoms with Crippen LogP contribution in [0.25, 0.3) is 0 Å². The molecule has 0 unspecified atom stereocenters. The average Bonchev–Trinajstić information content (AvgIpc) is 2.89. The van der Waals surface area contributed by atoms with Crippen LogP contribution in [-0.2, 0) is 11.2 Å². The van der Waals surface area contributed by atoms with Crippen molar-refractivity contribution < 1.29 is 14.7 Å². The molecular formula is C12H15N3O3S. The SMILES string of the molecule is O=C(O)[C@@H]1CSCN1C(=O)NCCc1ccncc1. The number of hydrogen-bond acceptors (Lipinski definition) is 4. The molecule has 0 spiro atoms. The van der Waals surface area contributed by atoms with E-state index in [9.17, 15) is 9.59 Å². The Morgan fingerprint density at radius 1 is 1.47 bits per heavy atom. The van der Waals surface area contributed by atoms with E-state index in [1.54, 1.807) is 12.4 Å². The predicted molar refractivity (Wildman–Crippen MR) is 71.9 cm³/mol. The monoisotopic (exact) mass is 281 g/mol. The van der Waals surface area contributed by atoms with Crippen LogP contribution in [0.1, 0.15) is 5.56 Å². The Balaban J connectivity index is 1.80. The van der Waals surface area contributed by atoms with Crippen LogP contribution in [0.3, 0.4) is 0 Å². The highest BCUT2D eigenvalue weighted by molar-refractivity contribution is 7.99. The number of aliphatic carboxylic acids is 1. The number of pyridine rings is 1. The fourth-order valence-electron chi connectivity index (χ4n) is 1.81. The summed E-state index contributed by atoms with van der Waals surface area (Å²) in [4.78, 5) is 28.1. The first-order valence-electron chi connectivity index (χ1n) is 5.92. The average molecular weight is 281 g/mol. The standard InChI is InChI=1S/C12H15N3O3S/c16-11(17)10-7-19-8-15(10)12(18)14-6-3-9-1-4-13-5-2-9/h1-2,4-5,10H,3,6-8H2,(H,14,18)(H,16,17)/t10-/m0/s1. The molecule has 1 saturated heterocycles. The van der Waals surface area contributed by atoms with Gasteiger partial charge < -0.3 is 15.3 Å². The van der Waals surface area contributed by atoms with Gasteiger partial charge in [0.2, 0.25) is 0 Å². The van der Waals surface area contributed by atoms with Gasteiger partial charge in [0.15, 0.2) is 0 Å². The number of thioether (sulfide) groups is 1. The van der Waals surface area contributed by atoms with Gasteiger partial charge in [0, 0.05) is 24.7 Å². The number of hydrogen-bond donors (Lipinski definition) is 2. The molecule has 2 heterocycles. The van der Waals surface area contributed by atoms with Gasteiger partial charge in [0.25, 0.3) is 0 Å². The van der Waals surface area contributed by atoms with Gasteiger partial charge in [0.1, 0.15) is 6.04 Å². The van der Waals surface area contributed by atoms with Crippen LogP contribution in [-0.4, -0.2) is 51.2 Å². The molecule has 1 fully saturated rings. The lowest BCUT2D eigenvalue weighted by atomic mass is 10.2. The number of nitrogens with zero attached hydrogens (tertiary/aromatic N) is 2. The van der Waals surface area contributed by atoms with Crippen LogP contribution < -0.4 is 5.32 Å². The number of aromatic nitrogens is 1. The van der Waals surface area contributed by atoms with Crippen molar-refractivity contribution in [3.05, 3.63) is 30.1 Å². The van der Waals surface area contributed by atoms with Gasteiger partial charge >= 0.3 is 12.0 Å². The molecule has 1 aromatic rings. The van der Waals surface area contributed by atoms with Crippen molar-refractivity contribution in [3.63, 3.8) is 0 Å². The van der Waals surface area contributed by atoms with Crippen LogP contribution in [0.2, 0.25) is 0 Å². The Labute approximate surface area is 115 Å². The number of carbonyl (C=O) groups excluding carboxylic acids is 1. The lowest BCUT2D eigenvalue weighted by molar-refractivity contribution is -0.140. The molecular weight excluding hydrogens is 266 g/mol. The van der Waals surface area contributed by atoms with Gasteiger partial charge in [-0.15, -0.1) is 11.8 Å². The first-order valence-corrected chi connectivity index (χ1v) is 7.08. The zero-order chi connectivity index (χ0) is 13.7. The number of rotatable bonds is 4. The number of amides is 2. The van der Waals surface area contributed by atoms with E-state index in [1.165, 1.54) is 16.7 Å². The van der Waals surface area contributed by atoms with Crippen molar-refractivity contribution >= 4 is 23.8 Å². The third-order valence-corrected chi connectivity index (χ3v) is 3.88. The van der Waals surface area contributed by atoms with E-state index in [4.69, 9.17) is 5.11 Å². The second-order valence-electron chi connectivity index (χ2n) is 4.16. The fraction of sp³-hybridized carbons (Fsp3) is 0.417. The number of carboxylic acids is 1. The van der Waals surface area contributed by atoms with Gasteiger partial charge in [-0.3, -0.25) is 4.98 Å². The molecule has 1 atom stereocenters. The Kier molecular flexibility index (Phi) is 4.62. The van der Waals surface area contributed by atoms with Crippen LogP contribution in [0.15, 0.2) is 24.5 Å². The molecule has 6 nitrogen and oxygen atoms in total. The van der Waals surface area contributed by atoms with E-state index < -0.39 is 12.0 Å². The fourth-order valence-corrected chi connectivity index (χ4v) is 2.96. The first kappa shape index (κ1) is 13.7. The zero-order valence-corrected chi connectivity index (χ0v) is 11.1. The summed E-state index contributed by atoms with van der Waals surface area (Å²) in [5.41, 5.74) is 1.08. The quantitative estimate of drug-likeness (QED) is 0.852. The highest BCUT2D eigenvalue weighted by atomic mass is 32.2. The summed E-state index contributed by atoms with van der Waals surface area (Å²) in [5, 5.41) is 11.7. The van der Waals surface area contributed by atoms with Crippen LogP contribution in [0.4, 0.5) is 4.79 Å². The molecule has 102 valence electrons. The zero-order valence-electron chi connectivity index (χ0n) is 10.3. The van der Waals surface area contributed by atoms with Crippen LogP contribution >= 0.6 is 11.8 Å². The topological polar surface area (TPSA) is 82.5 Å². The summed E-state index contributed by atoms with van der Waals surface area (Å²) in [5.74, 6) is -0.0696. The molecule has 7 heteroatoms. The second kappa shape index (κ2) is 6.42. The van der Waals surface area contributed by atoms with E-state index in [2.05, 4.69) is 10.3 Å². The van der Waals surface area contributed by atoms with E-state index in [0.29, 0.717) is 24.6 Å². The Morgan fingerprint density at radius 2 is 2.21 bits per heavy atom. The number of carbonyl (C=O) groups is 2. The molecule has 2 N–H and O–H groups in total. The molecule has 0 aliphatic carbocycles. The first-order chi connectivity index (χ1) is 9.18. The molecule has 0 saturated carbocycles. The smallest absolute Gasteiger partial charge is 0.327 e. The highest BCUT2D eigenvalue weighted by Gasteiger charge is 2.34. The van der Waals surface area contributed by atoms with Crippen molar-refractivity contribution in [2.45, 2.75) is 12.5 Å². The predicted octanol–water partition coefficient (Wildman–Crippen LogP) is 0.793. The molecule has 1 aliphatic rings. The number of nitrogens with one attached hydrogen (secondary N) is 1. The lowest BCUT2D eigenvalue weighted by Crippen LogP contribution is -2.47. The highest BCUT2D eigenvalue weighted by Crippen LogP contribution is 2.20. The minimum absolute atomic E-state index is 0.313. The minimum atomic E-state index is -0.950. The number of urea groups is 1. The molecule has 1 aliphatic heterocycles. The summed E-state index contributed by atoms with van der Waals surface area (Å²) < 4.78 is 0. The Hall–Kier alpha value is -1.76. The van der Waals surface area contributed by atoms with Gasteiger partial charge in [0.05, 0.1) is 5.88 Å². The largest absolute Gasteiger partial charge is 0.480 e. The Morgan fingerprint density at radius 3 is 2.89 bits per heavy atom. The van der Waals surface area contributed by atoms with Gasteiger partial charge in [-0.05, 0) is 24.1 Å². The minimum Gasteiger partial charge on any atom is -0.480 e. The second-order valence-corrected chi connectivity index (χ2v) is 5.16. The third kappa shape index (κ3) is 3.60.